The van der Waals surface area contributed by atoms with Crippen LogP contribution in [0.15, 0.2) is 6.07 Å². The molecule has 1 fully saturated rings. The molecule has 1 saturated heterocycles. The van der Waals surface area contributed by atoms with Gasteiger partial charge in [0.1, 0.15) is 10.8 Å². The Hall–Kier alpha value is -1.20. The molecule has 0 aliphatic carbocycles. The van der Waals surface area contributed by atoms with E-state index >= 15 is 0 Å². The third kappa shape index (κ3) is 3.04. The van der Waals surface area contributed by atoms with Crippen LogP contribution in [-0.4, -0.2) is 47.6 Å². The van der Waals surface area contributed by atoms with Crippen molar-refractivity contribution in [3.8, 4) is 0 Å². The second kappa shape index (κ2) is 5.84. The van der Waals surface area contributed by atoms with E-state index < -0.39 is 0 Å². The molecule has 0 bridgehead atoms. The zero-order valence-electron chi connectivity index (χ0n) is 11.9. The van der Waals surface area contributed by atoms with E-state index in [1.54, 1.807) is 0 Å². The molecule has 5 heteroatoms. The number of aromatic nitrogens is 1. The van der Waals surface area contributed by atoms with Gasteiger partial charge in [-0.2, -0.15) is 0 Å². The fourth-order valence-corrected chi connectivity index (χ4v) is 2.88. The topological polar surface area (TPSA) is 45.4 Å². The van der Waals surface area contributed by atoms with E-state index in [4.69, 9.17) is 18.0 Å². The maximum Gasteiger partial charge on any atom is 0.139 e. The molecular formula is C14H22N4S. The van der Waals surface area contributed by atoms with Crippen LogP contribution in [0.1, 0.15) is 23.7 Å². The van der Waals surface area contributed by atoms with Crippen molar-refractivity contribution in [3.63, 3.8) is 0 Å². The highest BCUT2D eigenvalue weighted by Gasteiger charge is 2.21. The summed E-state index contributed by atoms with van der Waals surface area (Å²) in [7, 11) is 0. The van der Waals surface area contributed by atoms with Gasteiger partial charge in [-0.05, 0) is 32.0 Å². The van der Waals surface area contributed by atoms with Gasteiger partial charge in [-0.1, -0.05) is 19.1 Å². The standard InChI is InChI=1S/C14H22N4S/c1-4-17-5-7-18(8-6-17)14-12(13(15)19)10(2)9-11(3)16-14/h9H,4-8H2,1-3H3,(H2,15,19). The summed E-state index contributed by atoms with van der Waals surface area (Å²) in [6.45, 7) is 11.5. The first kappa shape index (κ1) is 14.2. The Morgan fingerprint density at radius 2 is 1.95 bits per heavy atom. The van der Waals surface area contributed by atoms with E-state index in [9.17, 15) is 0 Å². The van der Waals surface area contributed by atoms with Crippen molar-refractivity contribution >= 4 is 23.0 Å². The summed E-state index contributed by atoms with van der Waals surface area (Å²) >= 11 is 5.20. The van der Waals surface area contributed by atoms with Gasteiger partial charge in [0.25, 0.3) is 0 Å². The lowest BCUT2D eigenvalue weighted by atomic mass is 10.1. The molecule has 4 nitrogen and oxygen atoms in total. The molecule has 0 unspecified atom stereocenters. The Morgan fingerprint density at radius 1 is 1.32 bits per heavy atom. The minimum atomic E-state index is 0.443. The number of hydrogen-bond donors (Lipinski definition) is 1. The summed E-state index contributed by atoms with van der Waals surface area (Å²) in [6, 6.07) is 2.04. The molecule has 1 aromatic heterocycles. The van der Waals surface area contributed by atoms with Gasteiger partial charge in [-0.15, -0.1) is 0 Å². The van der Waals surface area contributed by atoms with Gasteiger partial charge in [-0.25, -0.2) is 4.98 Å². The molecule has 0 saturated carbocycles. The Balaban J connectivity index is 2.31. The molecular weight excluding hydrogens is 256 g/mol. The first-order chi connectivity index (χ1) is 9.02. The van der Waals surface area contributed by atoms with Crippen LogP contribution in [0.25, 0.3) is 0 Å². The van der Waals surface area contributed by atoms with Crippen LogP contribution in [-0.2, 0) is 0 Å². The summed E-state index contributed by atoms with van der Waals surface area (Å²) in [6.07, 6.45) is 0. The lowest BCUT2D eigenvalue weighted by Gasteiger charge is -2.36. The second-order valence-electron chi connectivity index (χ2n) is 5.06. The summed E-state index contributed by atoms with van der Waals surface area (Å²) in [5.74, 6) is 0.959. The molecule has 0 aromatic carbocycles. The van der Waals surface area contributed by atoms with Gasteiger partial charge in [0.2, 0.25) is 0 Å². The Kier molecular flexibility index (Phi) is 4.37. The van der Waals surface area contributed by atoms with Crippen LogP contribution < -0.4 is 10.6 Å². The SMILES string of the molecule is CCN1CCN(c2nc(C)cc(C)c2C(N)=S)CC1. The molecule has 0 atom stereocenters. The van der Waals surface area contributed by atoms with E-state index in [0.717, 1.165) is 55.4 Å². The van der Waals surface area contributed by atoms with Gasteiger partial charge in [0, 0.05) is 31.9 Å². The van der Waals surface area contributed by atoms with E-state index in [1.807, 2.05) is 13.0 Å². The monoisotopic (exact) mass is 278 g/mol. The molecule has 0 spiro atoms. The number of nitrogens with zero attached hydrogens (tertiary/aromatic N) is 3. The predicted molar refractivity (Wildman–Crippen MR) is 83.9 cm³/mol. The normalized spacial score (nSPS) is 16.7. The fourth-order valence-electron chi connectivity index (χ4n) is 2.63. The zero-order chi connectivity index (χ0) is 14.0. The maximum atomic E-state index is 5.88. The van der Waals surface area contributed by atoms with Gasteiger partial charge in [0.05, 0.1) is 5.56 Å². The molecule has 0 radical (unpaired) electrons. The number of rotatable bonds is 3. The molecule has 2 rings (SSSR count). The Morgan fingerprint density at radius 3 is 2.47 bits per heavy atom. The predicted octanol–water partition coefficient (Wildman–Crippen LogP) is 1.47. The molecule has 19 heavy (non-hydrogen) atoms. The van der Waals surface area contributed by atoms with Crippen LogP contribution in [0.3, 0.4) is 0 Å². The average Bonchev–Trinajstić information content (AvgIpc) is 2.37. The maximum absolute atomic E-state index is 5.88. The lowest BCUT2D eigenvalue weighted by Crippen LogP contribution is -2.47. The number of hydrogen-bond acceptors (Lipinski definition) is 4. The van der Waals surface area contributed by atoms with Gasteiger partial charge in [0.15, 0.2) is 0 Å². The van der Waals surface area contributed by atoms with Crippen LogP contribution in [0, 0.1) is 13.8 Å². The minimum absolute atomic E-state index is 0.443. The van der Waals surface area contributed by atoms with Gasteiger partial charge in [-0.3, -0.25) is 0 Å². The zero-order valence-corrected chi connectivity index (χ0v) is 12.8. The lowest BCUT2D eigenvalue weighted by molar-refractivity contribution is 0.270. The second-order valence-corrected chi connectivity index (χ2v) is 5.50. The molecule has 2 N–H and O–H groups in total. The highest BCUT2D eigenvalue weighted by atomic mass is 32.1. The van der Waals surface area contributed by atoms with Crippen LogP contribution in [0.4, 0.5) is 5.82 Å². The number of piperazine rings is 1. The van der Waals surface area contributed by atoms with Crippen molar-refractivity contribution in [2.24, 2.45) is 5.73 Å². The number of thiocarbonyl (C=S) groups is 1. The summed E-state index contributed by atoms with van der Waals surface area (Å²) in [5.41, 5.74) is 8.95. The molecule has 1 aliphatic heterocycles. The molecule has 104 valence electrons. The Bertz CT molecular complexity index is 479. The van der Waals surface area contributed by atoms with Crippen molar-refractivity contribution < 1.29 is 0 Å². The first-order valence-corrected chi connectivity index (χ1v) is 7.19. The van der Waals surface area contributed by atoms with Crippen LogP contribution in [0.5, 0.6) is 0 Å². The highest BCUT2D eigenvalue weighted by Crippen LogP contribution is 2.23. The largest absolute Gasteiger partial charge is 0.389 e. The van der Waals surface area contributed by atoms with Crippen molar-refractivity contribution in [2.75, 3.05) is 37.6 Å². The third-order valence-corrected chi connectivity index (χ3v) is 3.90. The van der Waals surface area contributed by atoms with Crippen molar-refractivity contribution in [3.05, 3.63) is 22.9 Å². The number of aryl methyl sites for hydroxylation is 2. The highest BCUT2D eigenvalue weighted by molar-refractivity contribution is 7.80. The quantitative estimate of drug-likeness (QED) is 0.849. The summed E-state index contributed by atoms with van der Waals surface area (Å²) < 4.78 is 0. The van der Waals surface area contributed by atoms with Gasteiger partial charge >= 0.3 is 0 Å². The molecule has 1 aliphatic rings. The van der Waals surface area contributed by atoms with E-state index in [0.29, 0.717) is 4.99 Å². The minimum Gasteiger partial charge on any atom is -0.389 e. The fraction of sp³-hybridized carbons (Fsp3) is 0.571. The first-order valence-electron chi connectivity index (χ1n) is 6.78. The average molecular weight is 278 g/mol. The Labute approximate surface area is 120 Å². The number of nitrogens with two attached hydrogens (primary N) is 1. The number of likely N-dealkylation sites (N-methyl/N-ethyl adjacent to an activating group) is 1. The van der Waals surface area contributed by atoms with E-state index in [1.165, 1.54) is 0 Å². The number of anilines is 1. The van der Waals surface area contributed by atoms with Crippen LogP contribution >= 0.6 is 12.2 Å². The third-order valence-electron chi connectivity index (χ3n) is 3.69. The van der Waals surface area contributed by atoms with Crippen molar-refractivity contribution in [1.82, 2.24) is 9.88 Å². The van der Waals surface area contributed by atoms with E-state index in [-0.39, 0.29) is 0 Å². The molecule has 0 amide bonds. The summed E-state index contributed by atoms with van der Waals surface area (Å²) in [5, 5.41) is 0. The van der Waals surface area contributed by atoms with Crippen molar-refractivity contribution in [2.45, 2.75) is 20.8 Å². The summed E-state index contributed by atoms with van der Waals surface area (Å²) in [4.78, 5) is 9.86. The van der Waals surface area contributed by atoms with E-state index in [2.05, 4.69) is 28.6 Å². The van der Waals surface area contributed by atoms with Crippen molar-refractivity contribution in [1.29, 1.82) is 0 Å². The number of pyridine rings is 1. The molecule has 1 aromatic rings. The van der Waals surface area contributed by atoms with Crippen LogP contribution in [0.2, 0.25) is 0 Å². The smallest absolute Gasteiger partial charge is 0.139 e. The van der Waals surface area contributed by atoms with Gasteiger partial charge < -0.3 is 15.5 Å². The molecule has 2 heterocycles.